The Bertz CT molecular complexity index is 533. The van der Waals surface area contributed by atoms with Crippen LogP contribution in [0, 0.1) is 0 Å². The van der Waals surface area contributed by atoms with Crippen LogP contribution in [0.5, 0.6) is 0 Å². The van der Waals surface area contributed by atoms with Crippen LogP contribution in [0.2, 0.25) is 0 Å². The molecule has 74 valence electrons. The first kappa shape index (κ1) is 8.05. The molecule has 0 aromatic carbocycles. The second-order valence-corrected chi connectivity index (χ2v) is 3.14. The van der Waals surface area contributed by atoms with Gasteiger partial charge in [0.15, 0.2) is 5.65 Å². The summed E-state index contributed by atoms with van der Waals surface area (Å²) in [5, 5.41) is 4.26. The van der Waals surface area contributed by atoms with Crippen LogP contribution in [0.25, 0.3) is 5.65 Å². The Hall–Kier alpha value is -2.30. The summed E-state index contributed by atoms with van der Waals surface area (Å²) in [6.45, 7) is 0. The van der Waals surface area contributed by atoms with Crippen molar-refractivity contribution < 1.29 is 0 Å². The summed E-state index contributed by atoms with van der Waals surface area (Å²) in [5.74, 6) is 0.581. The average molecular weight is 199 g/mol. The predicted molar refractivity (Wildman–Crippen MR) is 56.4 cm³/mol. The second kappa shape index (κ2) is 3.13. The molecular weight excluding hydrogens is 190 g/mol. The van der Waals surface area contributed by atoms with E-state index >= 15 is 0 Å². The molecule has 0 fully saturated rings. The van der Waals surface area contributed by atoms with Gasteiger partial charge in [-0.25, -0.2) is 4.52 Å². The Labute approximate surface area is 86.0 Å². The van der Waals surface area contributed by atoms with Crippen LogP contribution in [-0.4, -0.2) is 19.3 Å². The van der Waals surface area contributed by atoms with Crippen LogP contribution in [0.3, 0.4) is 0 Å². The molecule has 0 saturated carbocycles. The maximum Gasteiger partial charge on any atom is 0.262 e. The van der Waals surface area contributed by atoms with Crippen molar-refractivity contribution >= 4 is 11.6 Å². The number of nitrogens with one attached hydrogen (secondary N) is 1. The summed E-state index contributed by atoms with van der Waals surface area (Å²) in [6, 6.07) is 9.63. The van der Waals surface area contributed by atoms with Gasteiger partial charge in [-0.15, -0.1) is 5.10 Å². The Morgan fingerprint density at radius 1 is 1.00 bits per heavy atom. The van der Waals surface area contributed by atoms with E-state index in [1.807, 2.05) is 48.9 Å². The third-order valence-electron chi connectivity index (χ3n) is 2.07. The van der Waals surface area contributed by atoms with Crippen molar-refractivity contribution in [1.29, 1.82) is 0 Å². The molecule has 5 nitrogen and oxygen atoms in total. The minimum atomic E-state index is 0.581. The highest BCUT2D eigenvalue weighted by molar-refractivity contribution is 5.42. The predicted octanol–water partition coefficient (Wildman–Crippen LogP) is 1.41. The van der Waals surface area contributed by atoms with E-state index in [1.165, 1.54) is 0 Å². The quantitative estimate of drug-likeness (QED) is 0.678. The first-order valence-corrected chi connectivity index (χ1v) is 4.63. The minimum Gasteiger partial charge on any atom is -0.268 e. The standard InChI is InChI=1S/C10H9N5/c1-2-8-15-9(5-1)11-10(13-15)12-14-6-3-4-7-14/h1-8H,(H,12,13). The molecule has 0 amide bonds. The molecule has 3 rings (SSSR count). The third kappa shape index (κ3) is 1.43. The number of rotatable bonds is 2. The molecular formula is C10H9N5. The molecule has 0 spiro atoms. The van der Waals surface area contributed by atoms with Gasteiger partial charge in [-0.2, -0.15) is 4.98 Å². The molecule has 5 heteroatoms. The van der Waals surface area contributed by atoms with Crippen LogP contribution < -0.4 is 5.43 Å². The lowest BCUT2D eigenvalue weighted by atomic mass is 10.5. The molecule has 1 N–H and O–H groups in total. The number of nitrogens with zero attached hydrogens (tertiary/aromatic N) is 4. The monoisotopic (exact) mass is 199 g/mol. The van der Waals surface area contributed by atoms with Gasteiger partial charge in [-0.05, 0) is 24.3 Å². The molecule has 0 saturated heterocycles. The lowest BCUT2D eigenvalue weighted by Crippen LogP contribution is -2.07. The highest BCUT2D eigenvalue weighted by Gasteiger charge is 2.00. The smallest absolute Gasteiger partial charge is 0.262 e. The fraction of sp³-hybridized carbons (Fsp3) is 0. The first-order valence-electron chi connectivity index (χ1n) is 4.63. The summed E-state index contributed by atoms with van der Waals surface area (Å²) in [7, 11) is 0. The van der Waals surface area contributed by atoms with Crippen molar-refractivity contribution in [2.24, 2.45) is 0 Å². The summed E-state index contributed by atoms with van der Waals surface area (Å²) in [6.07, 6.45) is 5.65. The average Bonchev–Trinajstić information content (AvgIpc) is 2.86. The fourth-order valence-corrected chi connectivity index (χ4v) is 1.40. The zero-order valence-electron chi connectivity index (χ0n) is 7.91. The maximum absolute atomic E-state index is 4.31. The first-order chi connectivity index (χ1) is 7.42. The van der Waals surface area contributed by atoms with Gasteiger partial charge in [-0.3, -0.25) is 10.1 Å². The van der Waals surface area contributed by atoms with E-state index in [-0.39, 0.29) is 0 Å². The zero-order valence-corrected chi connectivity index (χ0v) is 7.91. The van der Waals surface area contributed by atoms with Gasteiger partial charge in [0.2, 0.25) is 0 Å². The molecule has 3 heterocycles. The second-order valence-electron chi connectivity index (χ2n) is 3.14. The van der Waals surface area contributed by atoms with E-state index in [2.05, 4.69) is 15.5 Å². The summed E-state index contributed by atoms with van der Waals surface area (Å²) in [5.41, 5.74) is 3.87. The normalized spacial score (nSPS) is 10.7. The molecule has 0 atom stereocenters. The van der Waals surface area contributed by atoms with Gasteiger partial charge >= 0.3 is 0 Å². The van der Waals surface area contributed by atoms with Gasteiger partial charge in [0.05, 0.1) is 0 Å². The number of aromatic nitrogens is 4. The molecule has 0 radical (unpaired) electrons. The summed E-state index contributed by atoms with van der Waals surface area (Å²) in [4.78, 5) is 4.31. The van der Waals surface area contributed by atoms with Crippen molar-refractivity contribution in [2.75, 3.05) is 5.43 Å². The Balaban J connectivity index is 1.98. The summed E-state index contributed by atoms with van der Waals surface area (Å²) >= 11 is 0. The lowest BCUT2D eigenvalue weighted by Gasteiger charge is -2.00. The number of anilines is 1. The van der Waals surface area contributed by atoms with Crippen molar-refractivity contribution in [3.8, 4) is 0 Å². The molecule has 3 aromatic heterocycles. The van der Waals surface area contributed by atoms with E-state index in [9.17, 15) is 0 Å². The zero-order chi connectivity index (χ0) is 10.1. The molecule has 0 aliphatic heterocycles. The number of hydrogen-bond donors (Lipinski definition) is 1. The maximum atomic E-state index is 4.31. The third-order valence-corrected chi connectivity index (χ3v) is 2.07. The number of pyridine rings is 1. The van der Waals surface area contributed by atoms with Crippen molar-refractivity contribution in [3.05, 3.63) is 48.9 Å². The van der Waals surface area contributed by atoms with E-state index in [0.717, 1.165) is 5.65 Å². The van der Waals surface area contributed by atoms with E-state index in [1.54, 1.807) is 9.19 Å². The van der Waals surface area contributed by atoms with Gasteiger partial charge < -0.3 is 0 Å². The van der Waals surface area contributed by atoms with Gasteiger partial charge in [0.25, 0.3) is 5.95 Å². The number of hydrogen-bond acceptors (Lipinski definition) is 3. The topological polar surface area (TPSA) is 47.1 Å². The van der Waals surface area contributed by atoms with E-state index in [0.29, 0.717) is 5.95 Å². The molecule has 0 aliphatic carbocycles. The molecule has 0 unspecified atom stereocenters. The molecule has 0 bridgehead atoms. The minimum absolute atomic E-state index is 0.581. The van der Waals surface area contributed by atoms with E-state index in [4.69, 9.17) is 0 Å². The molecule has 15 heavy (non-hydrogen) atoms. The lowest BCUT2D eigenvalue weighted by molar-refractivity contribution is 0.902. The highest BCUT2D eigenvalue weighted by atomic mass is 15.5. The Morgan fingerprint density at radius 3 is 2.60 bits per heavy atom. The van der Waals surface area contributed by atoms with Crippen LogP contribution in [0.4, 0.5) is 5.95 Å². The Morgan fingerprint density at radius 2 is 1.80 bits per heavy atom. The Kier molecular flexibility index (Phi) is 1.68. The van der Waals surface area contributed by atoms with E-state index < -0.39 is 0 Å². The van der Waals surface area contributed by atoms with Gasteiger partial charge in [0.1, 0.15) is 0 Å². The van der Waals surface area contributed by atoms with Crippen molar-refractivity contribution in [3.63, 3.8) is 0 Å². The van der Waals surface area contributed by atoms with Crippen molar-refractivity contribution in [2.45, 2.75) is 0 Å². The largest absolute Gasteiger partial charge is 0.268 e. The summed E-state index contributed by atoms with van der Waals surface area (Å²) < 4.78 is 3.53. The van der Waals surface area contributed by atoms with Crippen LogP contribution in [-0.2, 0) is 0 Å². The molecule has 0 aliphatic rings. The molecule has 3 aromatic rings. The van der Waals surface area contributed by atoms with Crippen LogP contribution in [0.15, 0.2) is 48.9 Å². The fourth-order valence-electron chi connectivity index (χ4n) is 1.40. The van der Waals surface area contributed by atoms with Crippen LogP contribution in [0.1, 0.15) is 0 Å². The van der Waals surface area contributed by atoms with Crippen molar-refractivity contribution in [1.82, 2.24) is 19.3 Å². The van der Waals surface area contributed by atoms with Crippen LogP contribution >= 0.6 is 0 Å². The van der Waals surface area contributed by atoms with Gasteiger partial charge in [-0.1, -0.05) is 6.07 Å². The SMILES string of the molecule is c1ccn2nc(Nn3cccc3)nc2c1. The highest BCUT2D eigenvalue weighted by Crippen LogP contribution is 2.04. The van der Waals surface area contributed by atoms with Gasteiger partial charge in [0, 0.05) is 18.6 Å². The number of fused-ring (bicyclic) bond motifs is 1.